The second-order valence-electron chi connectivity index (χ2n) is 8.70. The van der Waals surface area contributed by atoms with Gasteiger partial charge in [0.25, 0.3) is 0 Å². The van der Waals surface area contributed by atoms with Crippen LogP contribution in [0.5, 0.6) is 5.75 Å². The maximum Gasteiger partial charge on any atom is 0.338 e. The van der Waals surface area contributed by atoms with E-state index < -0.39 is 17.7 Å². The molecule has 0 bridgehead atoms. The van der Waals surface area contributed by atoms with Crippen molar-refractivity contribution >= 4 is 5.97 Å². The monoisotopic (exact) mass is 374 g/mol. The van der Waals surface area contributed by atoms with Crippen LogP contribution in [0.2, 0.25) is 0 Å². The first-order chi connectivity index (χ1) is 12.7. The predicted molar refractivity (Wildman–Crippen MR) is 102 cm³/mol. The molecule has 1 fully saturated rings. The van der Waals surface area contributed by atoms with E-state index >= 15 is 0 Å². The zero-order valence-corrected chi connectivity index (χ0v) is 16.3. The van der Waals surface area contributed by atoms with Crippen molar-refractivity contribution in [1.29, 1.82) is 0 Å². The van der Waals surface area contributed by atoms with Gasteiger partial charge in [0, 0.05) is 12.3 Å². The molecule has 0 saturated heterocycles. The average molecular weight is 374 g/mol. The number of benzene rings is 1. The van der Waals surface area contributed by atoms with Crippen molar-refractivity contribution in [3.63, 3.8) is 0 Å². The number of rotatable bonds is 4. The molecule has 5 heteroatoms. The Balaban J connectivity index is 1.94. The summed E-state index contributed by atoms with van der Waals surface area (Å²) in [6.45, 7) is 6.10. The van der Waals surface area contributed by atoms with E-state index in [1.165, 1.54) is 24.3 Å². The Morgan fingerprint density at radius 2 is 1.93 bits per heavy atom. The van der Waals surface area contributed by atoms with Crippen molar-refractivity contribution in [2.24, 2.45) is 17.3 Å². The van der Waals surface area contributed by atoms with E-state index in [2.05, 4.69) is 6.92 Å². The Labute approximate surface area is 160 Å². The lowest BCUT2D eigenvalue weighted by molar-refractivity contribution is -0.112. The molecule has 27 heavy (non-hydrogen) atoms. The Morgan fingerprint density at radius 1 is 1.26 bits per heavy atom. The van der Waals surface area contributed by atoms with E-state index in [0.717, 1.165) is 18.4 Å². The molecular formula is C22H30O5. The van der Waals surface area contributed by atoms with Gasteiger partial charge in [-0.05, 0) is 60.4 Å². The molecule has 5 nitrogen and oxygen atoms in total. The SMILES string of the molecule is CC(C)[C@@]1(O)CC[C@@]2(C)CC=C(CO)C[C@@H](OC(=O)c3ccc(O)cc3)[C@@H]21. The highest BCUT2D eigenvalue weighted by atomic mass is 16.5. The van der Waals surface area contributed by atoms with Crippen molar-refractivity contribution in [1.82, 2.24) is 0 Å². The zero-order valence-electron chi connectivity index (χ0n) is 16.3. The number of allylic oxidation sites excluding steroid dienone is 1. The highest BCUT2D eigenvalue weighted by molar-refractivity contribution is 5.89. The molecule has 0 unspecified atom stereocenters. The number of aliphatic hydroxyl groups is 2. The van der Waals surface area contributed by atoms with E-state index in [1.54, 1.807) is 0 Å². The highest BCUT2D eigenvalue weighted by Gasteiger charge is 2.59. The minimum Gasteiger partial charge on any atom is -0.508 e. The third kappa shape index (κ3) is 3.63. The number of phenols is 1. The molecule has 3 N–H and O–H groups in total. The fourth-order valence-electron chi connectivity index (χ4n) is 4.93. The summed E-state index contributed by atoms with van der Waals surface area (Å²) in [5.74, 6) is -0.551. The molecule has 148 valence electrons. The lowest BCUT2D eigenvalue weighted by Gasteiger charge is -2.43. The van der Waals surface area contributed by atoms with Gasteiger partial charge < -0.3 is 20.1 Å². The summed E-state index contributed by atoms with van der Waals surface area (Å²) < 4.78 is 5.92. The molecule has 2 aliphatic rings. The van der Waals surface area contributed by atoms with Gasteiger partial charge >= 0.3 is 5.97 Å². The first-order valence-corrected chi connectivity index (χ1v) is 9.71. The molecule has 0 amide bonds. The summed E-state index contributed by atoms with van der Waals surface area (Å²) in [5, 5.41) is 30.6. The Kier molecular flexibility index (Phi) is 5.37. The molecule has 3 rings (SSSR count). The lowest BCUT2D eigenvalue weighted by atomic mass is 9.67. The quantitative estimate of drug-likeness (QED) is 0.555. The Hall–Kier alpha value is -1.85. The number of ether oxygens (including phenoxy) is 1. The van der Waals surface area contributed by atoms with Crippen molar-refractivity contribution in [3.05, 3.63) is 41.5 Å². The third-order valence-corrected chi connectivity index (χ3v) is 6.64. The lowest BCUT2D eigenvalue weighted by Crippen LogP contribution is -2.50. The van der Waals surface area contributed by atoms with Gasteiger partial charge in [0.05, 0.1) is 17.8 Å². The highest BCUT2D eigenvalue weighted by Crippen LogP contribution is 2.58. The van der Waals surface area contributed by atoms with Gasteiger partial charge in [0.15, 0.2) is 0 Å². The summed E-state index contributed by atoms with van der Waals surface area (Å²) in [7, 11) is 0. The van der Waals surface area contributed by atoms with Crippen LogP contribution in [0.15, 0.2) is 35.9 Å². The fraction of sp³-hybridized carbons (Fsp3) is 0.591. The summed E-state index contributed by atoms with van der Waals surface area (Å²) >= 11 is 0. The molecule has 1 saturated carbocycles. The number of aromatic hydroxyl groups is 1. The van der Waals surface area contributed by atoms with Gasteiger partial charge in [-0.15, -0.1) is 0 Å². The molecule has 1 aromatic rings. The van der Waals surface area contributed by atoms with Gasteiger partial charge in [-0.25, -0.2) is 4.79 Å². The molecular weight excluding hydrogens is 344 g/mol. The van der Waals surface area contributed by atoms with Gasteiger partial charge in [-0.1, -0.05) is 26.8 Å². The minimum absolute atomic E-state index is 0.0369. The van der Waals surface area contributed by atoms with E-state index in [4.69, 9.17) is 4.74 Å². The standard InChI is InChI=1S/C22H30O5/c1-14(2)22(26)11-10-21(3)9-8-15(13-23)12-18(19(21)22)27-20(25)16-4-6-17(24)7-5-16/h4-8,14,18-19,23-24,26H,9-13H2,1-3H3/t18-,19+,21-,22+/m1/s1. The van der Waals surface area contributed by atoms with Crippen LogP contribution in [0.4, 0.5) is 0 Å². The van der Waals surface area contributed by atoms with E-state index in [-0.39, 0.29) is 29.6 Å². The fourth-order valence-corrected chi connectivity index (χ4v) is 4.93. The van der Waals surface area contributed by atoms with E-state index in [9.17, 15) is 20.1 Å². The Morgan fingerprint density at radius 3 is 2.52 bits per heavy atom. The van der Waals surface area contributed by atoms with Crippen molar-refractivity contribution in [3.8, 4) is 5.75 Å². The van der Waals surface area contributed by atoms with Crippen LogP contribution in [-0.4, -0.2) is 39.6 Å². The van der Waals surface area contributed by atoms with Crippen LogP contribution >= 0.6 is 0 Å². The van der Waals surface area contributed by atoms with Crippen LogP contribution < -0.4 is 0 Å². The van der Waals surface area contributed by atoms with Crippen molar-refractivity contribution in [2.45, 2.75) is 58.2 Å². The molecule has 2 aliphatic carbocycles. The predicted octanol–water partition coefficient (Wildman–Crippen LogP) is 3.43. The van der Waals surface area contributed by atoms with Crippen LogP contribution in [0, 0.1) is 17.3 Å². The molecule has 0 heterocycles. The van der Waals surface area contributed by atoms with Gasteiger partial charge in [-0.3, -0.25) is 0 Å². The second-order valence-corrected chi connectivity index (χ2v) is 8.70. The van der Waals surface area contributed by atoms with Crippen molar-refractivity contribution in [2.75, 3.05) is 6.61 Å². The third-order valence-electron chi connectivity index (χ3n) is 6.64. The molecule has 0 spiro atoms. The zero-order chi connectivity index (χ0) is 19.8. The molecule has 0 aromatic heterocycles. The van der Waals surface area contributed by atoms with Crippen molar-refractivity contribution < 1.29 is 24.9 Å². The van der Waals surface area contributed by atoms with E-state index in [1.807, 2.05) is 19.9 Å². The van der Waals surface area contributed by atoms with Crippen LogP contribution in [-0.2, 0) is 4.74 Å². The maximum absolute atomic E-state index is 12.7. The number of phenolic OH excluding ortho intramolecular Hbond substituents is 1. The van der Waals surface area contributed by atoms with Gasteiger partial charge in [-0.2, -0.15) is 0 Å². The van der Waals surface area contributed by atoms with E-state index in [0.29, 0.717) is 18.4 Å². The number of aliphatic hydroxyl groups excluding tert-OH is 1. The molecule has 1 aromatic carbocycles. The smallest absolute Gasteiger partial charge is 0.338 e. The first kappa shape index (κ1) is 19.9. The van der Waals surface area contributed by atoms with Gasteiger partial charge in [0.2, 0.25) is 0 Å². The van der Waals surface area contributed by atoms with Gasteiger partial charge in [0.1, 0.15) is 11.9 Å². The second kappa shape index (κ2) is 7.28. The van der Waals surface area contributed by atoms with Crippen LogP contribution in [0.3, 0.4) is 0 Å². The number of hydrogen-bond donors (Lipinski definition) is 3. The number of carbonyl (C=O) groups is 1. The first-order valence-electron chi connectivity index (χ1n) is 9.71. The summed E-state index contributed by atoms with van der Waals surface area (Å²) in [5.41, 5.74) is 0.114. The normalized spacial score (nSPS) is 33.3. The summed E-state index contributed by atoms with van der Waals surface area (Å²) in [6.07, 6.45) is 4.27. The van der Waals surface area contributed by atoms with Crippen LogP contribution in [0.25, 0.3) is 0 Å². The topological polar surface area (TPSA) is 87.0 Å². The molecule has 0 radical (unpaired) electrons. The summed E-state index contributed by atoms with van der Waals surface area (Å²) in [6, 6.07) is 5.96. The molecule has 0 aliphatic heterocycles. The van der Waals surface area contributed by atoms with Crippen LogP contribution in [0.1, 0.15) is 56.8 Å². The minimum atomic E-state index is -0.909. The average Bonchev–Trinajstić information content (AvgIpc) is 2.82. The number of carbonyl (C=O) groups excluding carboxylic acids is 1. The number of fused-ring (bicyclic) bond motifs is 1. The maximum atomic E-state index is 12.7. The molecule has 4 atom stereocenters. The number of hydrogen-bond acceptors (Lipinski definition) is 5. The Bertz CT molecular complexity index is 723. The summed E-state index contributed by atoms with van der Waals surface area (Å²) in [4.78, 5) is 12.7. The number of esters is 1. The largest absolute Gasteiger partial charge is 0.508 e.